The summed E-state index contributed by atoms with van der Waals surface area (Å²) in [5.74, 6) is -0.103. The molecule has 0 spiro atoms. The Bertz CT molecular complexity index is 1230. The summed E-state index contributed by atoms with van der Waals surface area (Å²) in [5, 5.41) is 12.1. The molecule has 5 rings (SSSR count). The molecule has 3 aromatic heterocycles. The minimum absolute atomic E-state index is 0.0449. The van der Waals surface area contributed by atoms with Gasteiger partial charge in [-0.3, -0.25) is 9.59 Å². The maximum absolute atomic E-state index is 13.0. The molecule has 1 aromatic carbocycles. The van der Waals surface area contributed by atoms with Gasteiger partial charge in [0, 0.05) is 30.1 Å². The van der Waals surface area contributed by atoms with Gasteiger partial charge in [-0.1, -0.05) is 24.3 Å². The Labute approximate surface area is 187 Å². The van der Waals surface area contributed by atoms with E-state index in [1.165, 1.54) is 11.3 Å². The summed E-state index contributed by atoms with van der Waals surface area (Å²) in [6.45, 7) is 2.23. The SMILES string of the molecule is Cc1cc(NC(=O)C2CC(=O)N(c3ccccc3)C2)n(-c2nc(-c3cccs3)cs2)n1. The number of thiazole rings is 1. The molecule has 1 atom stereocenters. The lowest BCUT2D eigenvalue weighted by molar-refractivity contribution is -0.122. The number of nitrogens with one attached hydrogen (secondary N) is 1. The number of hydrogen-bond donors (Lipinski definition) is 1. The van der Waals surface area contributed by atoms with Gasteiger partial charge in [-0.2, -0.15) is 9.78 Å². The third-order valence-electron chi connectivity index (χ3n) is 5.09. The molecule has 0 bridgehead atoms. The molecule has 9 heteroatoms. The monoisotopic (exact) mass is 449 g/mol. The zero-order valence-electron chi connectivity index (χ0n) is 16.7. The molecule has 1 aliphatic heterocycles. The van der Waals surface area contributed by atoms with Crippen molar-refractivity contribution in [1.82, 2.24) is 14.8 Å². The molecule has 1 unspecified atom stereocenters. The third-order valence-corrected chi connectivity index (χ3v) is 6.80. The number of carbonyl (C=O) groups is 2. The number of nitrogens with zero attached hydrogens (tertiary/aromatic N) is 4. The summed E-state index contributed by atoms with van der Waals surface area (Å²) in [5.41, 5.74) is 2.48. The van der Waals surface area contributed by atoms with Crippen LogP contribution in [0.1, 0.15) is 12.1 Å². The van der Waals surface area contributed by atoms with Crippen molar-refractivity contribution in [2.24, 2.45) is 5.92 Å². The van der Waals surface area contributed by atoms with E-state index in [-0.39, 0.29) is 18.2 Å². The number of benzene rings is 1. The Hall–Kier alpha value is -3.30. The number of hydrogen-bond acceptors (Lipinski definition) is 6. The molecular weight excluding hydrogens is 430 g/mol. The number of para-hydroxylation sites is 1. The summed E-state index contributed by atoms with van der Waals surface area (Å²) < 4.78 is 1.65. The quantitative estimate of drug-likeness (QED) is 0.491. The van der Waals surface area contributed by atoms with E-state index >= 15 is 0 Å². The number of carbonyl (C=O) groups excluding carboxylic acids is 2. The Balaban J connectivity index is 1.34. The van der Waals surface area contributed by atoms with Gasteiger partial charge in [0.2, 0.25) is 16.9 Å². The fraction of sp³-hybridized carbons (Fsp3) is 0.182. The molecule has 31 heavy (non-hydrogen) atoms. The van der Waals surface area contributed by atoms with Gasteiger partial charge in [0.15, 0.2) is 0 Å². The number of thiophene rings is 1. The van der Waals surface area contributed by atoms with Gasteiger partial charge < -0.3 is 10.2 Å². The van der Waals surface area contributed by atoms with Crippen LogP contribution in [0.15, 0.2) is 59.3 Å². The minimum atomic E-state index is -0.422. The van der Waals surface area contributed by atoms with E-state index in [2.05, 4.69) is 15.4 Å². The number of anilines is 2. The average Bonchev–Trinajstić information content (AvgIpc) is 3.55. The van der Waals surface area contributed by atoms with Crippen molar-refractivity contribution in [3.63, 3.8) is 0 Å². The first-order valence-corrected chi connectivity index (χ1v) is 11.6. The number of rotatable bonds is 5. The van der Waals surface area contributed by atoms with Crippen LogP contribution >= 0.6 is 22.7 Å². The van der Waals surface area contributed by atoms with Crippen LogP contribution in [0.25, 0.3) is 15.7 Å². The Morgan fingerprint density at radius 3 is 2.77 bits per heavy atom. The van der Waals surface area contributed by atoms with Gasteiger partial charge in [-0.15, -0.1) is 22.7 Å². The lowest BCUT2D eigenvalue weighted by Gasteiger charge is -2.16. The highest BCUT2D eigenvalue weighted by atomic mass is 32.1. The molecule has 4 heterocycles. The van der Waals surface area contributed by atoms with Gasteiger partial charge in [-0.05, 0) is 30.5 Å². The average molecular weight is 450 g/mol. The summed E-state index contributed by atoms with van der Waals surface area (Å²) in [4.78, 5) is 32.9. The summed E-state index contributed by atoms with van der Waals surface area (Å²) in [6, 6.07) is 15.3. The second-order valence-corrected chi connectivity index (χ2v) is 9.09. The Morgan fingerprint density at radius 1 is 1.16 bits per heavy atom. The smallest absolute Gasteiger partial charge is 0.230 e. The predicted molar refractivity (Wildman–Crippen MR) is 123 cm³/mol. The molecule has 2 amide bonds. The lowest BCUT2D eigenvalue weighted by atomic mass is 10.1. The number of amides is 2. The zero-order chi connectivity index (χ0) is 21.4. The van der Waals surface area contributed by atoms with Crippen molar-refractivity contribution in [3.8, 4) is 15.7 Å². The molecule has 156 valence electrons. The molecular formula is C22H19N5O2S2. The molecule has 0 saturated carbocycles. The zero-order valence-corrected chi connectivity index (χ0v) is 18.3. The van der Waals surface area contributed by atoms with Crippen LogP contribution in [0.4, 0.5) is 11.5 Å². The standard InChI is InChI=1S/C22H19N5O2S2/c1-14-10-19(27(25-14)22-23-17(13-31-22)18-8-5-9-30-18)24-21(29)15-11-20(28)26(12-15)16-6-3-2-4-7-16/h2-10,13,15H,11-12H2,1H3,(H,24,29). The van der Waals surface area contributed by atoms with Crippen LogP contribution in [0.5, 0.6) is 0 Å². The second kappa shape index (κ2) is 8.09. The maximum Gasteiger partial charge on any atom is 0.230 e. The largest absolute Gasteiger partial charge is 0.312 e. The van der Waals surface area contributed by atoms with E-state index in [9.17, 15) is 9.59 Å². The lowest BCUT2D eigenvalue weighted by Crippen LogP contribution is -2.28. The minimum Gasteiger partial charge on any atom is -0.312 e. The Kier molecular flexibility index (Phi) is 5.13. The van der Waals surface area contributed by atoms with Crippen molar-refractivity contribution in [2.45, 2.75) is 13.3 Å². The van der Waals surface area contributed by atoms with Gasteiger partial charge in [0.1, 0.15) is 5.82 Å². The first-order valence-electron chi connectivity index (χ1n) is 9.81. The van der Waals surface area contributed by atoms with E-state index in [0.717, 1.165) is 22.0 Å². The molecule has 1 aliphatic rings. The van der Waals surface area contributed by atoms with Gasteiger partial charge >= 0.3 is 0 Å². The van der Waals surface area contributed by atoms with Crippen LogP contribution in [-0.4, -0.2) is 33.1 Å². The topological polar surface area (TPSA) is 80.1 Å². The number of aryl methyl sites for hydroxylation is 1. The fourth-order valence-corrected chi connectivity index (χ4v) is 5.15. The van der Waals surface area contributed by atoms with Crippen LogP contribution in [0.3, 0.4) is 0 Å². The van der Waals surface area contributed by atoms with Gasteiger partial charge in [0.05, 0.1) is 22.2 Å². The van der Waals surface area contributed by atoms with E-state index in [4.69, 9.17) is 0 Å². The second-order valence-electron chi connectivity index (χ2n) is 7.31. The predicted octanol–water partition coefficient (Wildman–Crippen LogP) is 4.36. The maximum atomic E-state index is 13.0. The van der Waals surface area contributed by atoms with Crippen molar-refractivity contribution >= 4 is 46.0 Å². The van der Waals surface area contributed by atoms with E-state index in [1.807, 2.05) is 66.2 Å². The summed E-state index contributed by atoms with van der Waals surface area (Å²) >= 11 is 3.10. The van der Waals surface area contributed by atoms with Gasteiger partial charge in [-0.25, -0.2) is 4.98 Å². The van der Waals surface area contributed by atoms with Crippen LogP contribution < -0.4 is 10.2 Å². The first-order chi connectivity index (χ1) is 15.1. The molecule has 1 N–H and O–H groups in total. The fourth-order valence-electron chi connectivity index (χ4n) is 3.60. The molecule has 1 saturated heterocycles. The molecule has 0 aliphatic carbocycles. The number of aromatic nitrogens is 3. The van der Waals surface area contributed by atoms with E-state index in [0.29, 0.717) is 17.5 Å². The van der Waals surface area contributed by atoms with Crippen LogP contribution in [-0.2, 0) is 9.59 Å². The van der Waals surface area contributed by atoms with Crippen molar-refractivity contribution < 1.29 is 9.59 Å². The highest BCUT2D eigenvalue weighted by Crippen LogP contribution is 2.30. The first kappa shape index (κ1) is 19.7. The third kappa shape index (κ3) is 3.89. The van der Waals surface area contributed by atoms with Crippen molar-refractivity contribution in [2.75, 3.05) is 16.8 Å². The molecule has 4 aromatic rings. The normalized spacial score (nSPS) is 16.1. The highest BCUT2D eigenvalue weighted by molar-refractivity contribution is 7.15. The molecule has 7 nitrogen and oxygen atoms in total. The van der Waals surface area contributed by atoms with Crippen molar-refractivity contribution in [1.29, 1.82) is 0 Å². The summed E-state index contributed by atoms with van der Waals surface area (Å²) in [7, 11) is 0. The highest BCUT2D eigenvalue weighted by Gasteiger charge is 2.35. The van der Waals surface area contributed by atoms with Crippen LogP contribution in [0, 0.1) is 12.8 Å². The summed E-state index contributed by atoms with van der Waals surface area (Å²) in [6.07, 6.45) is 0.188. The molecule has 1 fully saturated rings. The van der Waals surface area contributed by atoms with Crippen LogP contribution in [0.2, 0.25) is 0 Å². The van der Waals surface area contributed by atoms with Crippen molar-refractivity contribution in [3.05, 3.63) is 65.0 Å². The Morgan fingerprint density at radius 2 is 2.00 bits per heavy atom. The van der Waals surface area contributed by atoms with Gasteiger partial charge in [0.25, 0.3) is 0 Å². The van der Waals surface area contributed by atoms with E-state index < -0.39 is 5.92 Å². The van der Waals surface area contributed by atoms with E-state index in [1.54, 1.807) is 20.9 Å². The molecule has 0 radical (unpaired) electrons.